The summed E-state index contributed by atoms with van der Waals surface area (Å²) in [4.78, 5) is 40.5. The summed E-state index contributed by atoms with van der Waals surface area (Å²) in [6, 6.07) is 6.86. The fourth-order valence-electron chi connectivity index (χ4n) is 2.81. The normalized spacial score (nSPS) is 11.5. The minimum atomic E-state index is -0.380. The van der Waals surface area contributed by atoms with Crippen LogP contribution in [0.3, 0.4) is 0 Å². The van der Waals surface area contributed by atoms with Crippen LogP contribution in [0, 0.1) is 0 Å². The molecule has 1 aromatic carbocycles. The van der Waals surface area contributed by atoms with Crippen molar-refractivity contribution in [3.63, 3.8) is 0 Å². The Balaban J connectivity index is 1.56. The second kappa shape index (κ2) is 8.85. The Morgan fingerprint density at radius 3 is 2.71 bits per heavy atom. The largest absolute Gasteiger partial charge is 0.370 e. The van der Waals surface area contributed by atoms with Crippen LogP contribution in [0.25, 0.3) is 0 Å². The van der Waals surface area contributed by atoms with E-state index in [2.05, 4.69) is 30.2 Å². The molecule has 0 aliphatic heterocycles. The monoisotopic (exact) mass is 381 g/mol. The Morgan fingerprint density at radius 1 is 1.25 bits per heavy atom. The van der Waals surface area contributed by atoms with Gasteiger partial charge in [-0.3, -0.25) is 9.79 Å². The topological polar surface area (TPSA) is 145 Å². The first kappa shape index (κ1) is 19.2. The maximum atomic E-state index is 12.6. The van der Waals surface area contributed by atoms with Crippen LogP contribution in [-0.4, -0.2) is 38.2 Å². The maximum absolute atomic E-state index is 12.6. The molecule has 6 N–H and O–H groups in total. The van der Waals surface area contributed by atoms with Gasteiger partial charge in [-0.15, -0.1) is 0 Å². The third-order valence-corrected chi connectivity index (χ3v) is 4.25. The lowest BCUT2D eigenvalue weighted by atomic mass is 10.1. The Hall–Kier alpha value is -3.62. The smallest absolute Gasteiger partial charge is 0.323 e. The predicted molar refractivity (Wildman–Crippen MR) is 108 cm³/mol. The number of imidazole rings is 2. The van der Waals surface area contributed by atoms with Crippen molar-refractivity contribution in [2.75, 3.05) is 11.9 Å². The number of nitrogens with one attached hydrogen (secondary N) is 4. The predicted octanol–water partition coefficient (Wildman–Crippen LogP) is 1.58. The number of guanidine groups is 1. The van der Waals surface area contributed by atoms with Gasteiger partial charge in [0.25, 0.3) is 0 Å². The minimum absolute atomic E-state index is 0.234. The number of rotatable bonds is 8. The first-order valence-electron chi connectivity index (χ1n) is 9.07. The van der Waals surface area contributed by atoms with Crippen molar-refractivity contribution in [2.24, 2.45) is 10.7 Å². The molecule has 0 unspecified atom stereocenters. The van der Waals surface area contributed by atoms with Gasteiger partial charge in [-0.1, -0.05) is 6.92 Å². The summed E-state index contributed by atoms with van der Waals surface area (Å²) in [6.45, 7) is 2.47. The number of aryl methyl sites for hydroxylation is 2. The van der Waals surface area contributed by atoms with Gasteiger partial charge in [0.15, 0.2) is 5.96 Å². The average Bonchev–Trinajstić information content (AvgIpc) is 3.34. The molecule has 0 atom stereocenters. The van der Waals surface area contributed by atoms with Crippen LogP contribution in [0.4, 0.5) is 5.69 Å². The highest BCUT2D eigenvalue weighted by Gasteiger charge is 2.16. The molecule has 0 aliphatic carbocycles. The number of carbonyl (C=O) groups is 1. The average molecular weight is 381 g/mol. The first-order chi connectivity index (χ1) is 13.6. The number of carbonyl (C=O) groups excluding carboxylic acids is 1. The third kappa shape index (κ3) is 4.76. The standard InChI is InChI=1S/C19H23N7O2/c1-2-15-16(26-19(28)25-15)17(27)12-5-7-13(8-6-12)24-18(20)22-9-3-4-14-10-21-11-23-14/h5-8,10-11H,2-4,9H2,1H3,(H,21,23)(H3,20,22,24)(H2,25,26,28). The van der Waals surface area contributed by atoms with E-state index in [1.807, 2.05) is 6.92 Å². The number of anilines is 1. The molecule has 2 heterocycles. The minimum Gasteiger partial charge on any atom is -0.370 e. The molecule has 2 aromatic heterocycles. The van der Waals surface area contributed by atoms with Crippen LogP contribution >= 0.6 is 0 Å². The van der Waals surface area contributed by atoms with Crippen molar-refractivity contribution < 1.29 is 4.79 Å². The van der Waals surface area contributed by atoms with Gasteiger partial charge < -0.3 is 26.0 Å². The lowest BCUT2D eigenvalue weighted by Crippen LogP contribution is -2.23. The first-order valence-corrected chi connectivity index (χ1v) is 9.07. The van der Waals surface area contributed by atoms with Crippen molar-refractivity contribution in [1.29, 1.82) is 0 Å². The lowest BCUT2D eigenvalue weighted by molar-refractivity contribution is 0.103. The summed E-state index contributed by atoms with van der Waals surface area (Å²) in [5.74, 6) is 0.0779. The van der Waals surface area contributed by atoms with Crippen LogP contribution in [-0.2, 0) is 12.8 Å². The molecule has 0 amide bonds. The summed E-state index contributed by atoms with van der Waals surface area (Å²) in [5, 5.41) is 3.00. The van der Waals surface area contributed by atoms with Gasteiger partial charge in [0.1, 0.15) is 5.69 Å². The van der Waals surface area contributed by atoms with E-state index in [1.54, 1.807) is 36.8 Å². The molecule has 9 nitrogen and oxygen atoms in total. The van der Waals surface area contributed by atoms with E-state index in [9.17, 15) is 9.59 Å². The number of H-pyrrole nitrogens is 3. The second-order valence-electron chi connectivity index (χ2n) is 6.27. The van der Waals surface area contributed by atoms with Crippen LogP contribution < -0.4 is 16.7 Å². The molecule has 0 aliphatic rings. The van der Waals surface area contributed by atoms with Crippen LogP contribution in [0.2, 0.25) is 0 Å². The fourth-order valence-corrected chi connectivity index (χ4v) is 2.81. The highest BCUT2D eigenvalue weighted by Crippen LogP contribution is 2.14. The SMILES string of the molecule is CCc1[nH]c(=O)[nH]c1C(=O)c1ccc(NC(N)=NCCCc2cnc[nH]2)cc1. The van der Waals surface area contributed by atoms with E-state index < -0.39 is 0 Å². The number of aromatic nitrogens is 4. The van der Waals surface area contributed by atoms with Gasteiger partial charge in [-0.25, -0.2) is 9.78 Å². The van der Waals surface area contributed by atoms with E-state index in [1.165, 1.54) is 0 Å². The van der Waals surface area contributed by atoms with Gasteiger partial charge in [0.2, 0.25) is 5.78 Å². The van der Waals surface area contributed by atoms with Crippen molar-refractivity contribution in [2.45, 2.75) is 26.2 Å². The highest BCUT2D eigenvalue weighted by molar-refractivity contribution is 6.08. The summed E-state index contributed by atoms with van der Waals surface area (Å²) in [5.41, 5.74) is 8.69. The molecule has 28 heavy (non-hydrogen) atoms. The molecule has 3 aromatic rings. The van der Waals surface area contributed by atoms with E-state index in [0.717, 1.165) is 24.2 Å². The lowest BCUT2D eigenvalue weighted by Gasteiger charge is -2.07. The van der Waals surface area contributed by atoms with Crippen molar-refractivity contribution >= 4 is 17.4 Å². The summed E-state index contributed by atoms with van der Waals surface area (Å²) in [7, 11) is 0. The van der Waals surface area contributed by atoms with Gasteiger partial charge >= 0.3 is 5.69 Å². The number of aromatic amines is 3. The number of nitrogens with zero attached hydrogens (tertiary/aromatic N) is 2. The quantitative estimate of drug-likeness (QED) is 0.174. The molecule has 9 heteroatoms. The van der Waals surface area contributed by atoms with Gasteiger partial charge in [-0.2, -0.15) is 0 Å². The molecule has 3 rings (SSSR count). The molecule has 0 saturated heterocycles. The van der Waals surface area contributed by atoms with E-state index in [4.69, 9.17) is 5.73 Å². The van der Waals surface area contributed by atoms with Gasteiger partial charge in [0.05, 0.1) is 6.33 Å². The van der Waals surface area contributed by atoms with E-state index >= 15 is 0 Å². The molecule has 0 spiro atoms. The number of nitrogens with two attached hydrogens (primary N) is 1. The molecule has 0 bridgehead atoms. The van der Waals surface area contributed by atoms with E-state index in [-0.39, 0.29) is 11.5 Å². The zero-order valence-corrected chi connectivity index (χ0v) is 15.6. The Labute approximate surface area is 161 Å². The zero-order valence-electron chi connectivity index (χ0n) is 15.6. The number of aliphatic imine (C=N–C) groups is 1. The van der Waals surface area contributed by atoms with Crippen molar-refractivity contribution in [3.8, 4) is 0 Å². The Bertz CT molecular complexity index is 998. The van der Waals surface area contributed by atoms with Gasteiger partial charge in [-0.05, 0) is 43.5 Å². The van der Waals surface area contributed by atoms with Crippen LogP contribution in [0.5, 0.6) is 0 Å². The molecular formula is C19H23N7O2. The Kier molecular flexibility index (Phi) is 6.05. The maximum Gasteiger partial charge on any atom is 0.323 e. The molecule has 0 radical (unpaired) electrons. The summed E-state index contributed by atoms with van der Waals surface area (Å²) >= 11 is 0. The summed E-state index contributed by atoms with van der Waals surface area (Å²) in [6.07, 6.45) is 5.72. The highest BCUT2D eigenvalue weighted by atomic mass is 16.1. The van der Waals surface area contributed by atoms with Crippen LogP contribution in [0.15, 0.2) is 46.6 Å². The molecule has 146 valence electrons. The summed E-state index contributed by atoms with van der Waals surface area (Å²) < 4.78 is 0. The van der Waals surface area contributed by atoms with E-state index in [0.29, 0.717) is 35.9 Å². The number of hydrogen-bond donors (Lipinski definition) is 5. The molecule has 0 fully saturated rings. The van der Waals surface area contributed by atoms with Crippen molar-refractivity contribution in [3.05, 3.63) is 69.9 Å². The van der Waals surface area contributed by atoms with Crippen LogP contribution in [0.1, 0.15) is 40.8 Å². The number of benzene rings is 1. The number of hydrogen-bond acceptors (Lipinski definition) is 4. The molecule has 0 saturated carbocycles. The van der Waals surface area contributed by atoms with Crippen molar-refractivity contribution in [1.82, 2.24) is 19.9 Å². The fraction of sp³-hybridized carbons (Fsp3) is 0.263. The third-order valence-electron chi connectivity index (χ3n) is 4.25. The number of ketones is 1. The zero-order chi connectivity index (χ0) is 19.9. The molecular weight excluding hydrogens is 358 g/mol. The van der Waals surface area contributed by atoms with Gasteiger partial charge in [0, 0.05) is 35.4 Å². The second-order valence-corrected chi connectivity index (χ2v) is 6.27. The Morgan fingerprint density at radius 2 is 2.04 bits per heavy atom.